The number of halogens is 1. The zero-order chi connectivity index (χ0) is 16.7. The first-order valence-corrected chi connectivity index (χ1v) is 8.29. The van der Waals surface area contributed by atoms with Crippen LogP contribution in [0.2, 0.25) is 5.02 Å². The van der Waals surface area contributed by atoms with Crippen LogP contribution in [-0.2, 0) is 10.4 Å². The predicted octanol–water partition coefficient (Wildman–Crippen LogP) is 5.24. The Labute approximate surface area is 145 Å². The molecule has 1 unspecified atom stereocenters. The van der Waals surface area contributed by atoms with Gasteiger partial charge in [-0.15, -0.1) is 0 Å². The highest BCUT2D eigenvalue weighted by Crippen LogP contribution is 2.37. The summed E-state index contributed by atoms with van der Waals surface area (Å²) in [6.45, 7) is 4.09. The van der Waals surface area contributed by atoms with E-state index in [4.69, 9.17) is 16.4 Å². The van der Waals surface area contributed by atoms with Gasteiger partial charge in [0.1, 0.15) is 0 Å². The average molecular weight is 337 g/mol. The van der Waals surface area contributed by atoms with Crippen molar-refractivity contribution >= 4 is 28.2 Å². The SMILES string of the molecule is Cc1cc(Cl)cc(C2(C)CC(c3ccc4ncccc4c3)=NO2)c1. The van der Waals surface area contributed by atoms with Gasteiger partial charge < -0.3 is 4.84 Å². The summed E-state index contributed by atoms with van der Waals surface area (Å²) in [5, 5.41) is 6.18. The van der Waals surface area contributed by atoms with Gasteiger partial charge in [-0.2, -0.15) is 0 Å². The van der Waals surface area contributed by atoms with Gasteiger partial charge >= 0.3 is 0 Å². The Bertz CT molecular complexity index is 947. The number of aromatic nitrogens is 1. The Kier molecular flexibility index (Phi) is 3.54. The minimum atomic E-state index is -0.491. The highest BCUT2D eigenvalue weighted by molar-refractivity contribution is 6.30. The van der Waals surface area contributed by atoms with Crippen LogP contribution < -0.4 is 0 Å². The second-order valence-corrected chi connectivity index (χ2v) is 6.90. The molecule has 3 aromatic rings. The molecule has 1 atom stereocenters. The third-order valence-electron chi connectivity index (χ3n) is 4.45. The molecule has 3 nitrogen and oxygen atoms in total. The third-order valence-corrected chi connectivity index (χ3v) is 4.67. The van der Waals surface area contributed by atoms with E-state index in [-0.39, 0.29) is 0 Å². The van der Waals surface area contributed by atoms with E-state index in [0.717, 1.165) is 38.3 Å². The minimum Gasteiger partial charge on any atom is -0.384 e. The lowest BCUT2D eigenvalue weighted by atomic mass is 9.88. The maximum Gasteiger partial charge on any atom is 0.165 e. The van der Waals surface area contributed by atoms with Crippen LogP contribution in [0.25, 0.3) is 10.9 Å². The van der Waals surface area contributed by atoms with Crippen LogP contribution in [0.1, 0.15) is 30.0 Å². The molecular formula is C20H17ClN2O. The van der Waals surface area contributed by atoms with E-state index >= 15 is 0 Å². The number of hydrogen-bond donors (Lipinski definition) is 0. The lowest BCUT2D eigenvalue weighted by Gasteiger charge is -2.22. The van der Waals surface area contributed by atoms with Crippen LogP contribution >= 0.6 is 11.6 Å². The lowest BCUT2D eigenvalue weighted by Crippen LogP contribution is -2.22. The van der Waals surface area contributed by atoms with Crippen molar-refractivity contribution in [3.05, 3.63) is 76.4 Å². The van der Waals surface area contributed by atoms with Crippen LogP contribution in [0, 0.1) is 6.92 Å². The number of hydrogen-bond acceptors (Lipinski definition) is 3. The summed E-state index contributed by atoms with van der Waals surface area (Å²) in [6, 6.07) is 16.2. The van der Waals surface area contributed by atoms with E-state index in [0.29, 0.717) is 6.42 Å². The normalized spacial score (nSPS) is 20.0. The quantitative estimate of drug-likeness (QED) is 0.641. The van der Waals surface area contributed by atoms with Gasteiger partial charge in [0.25, 0.3) is 0 Å². The first kappa shape index (κ1) is 15.2. The van der Waals surface area contributed by atoms with E-state index in [1.165, 1.54) is 0 Å². The number of benzene rings is 2. The molecule has 0 spiro atoms. The fourth-order valence-electron chi connectivity index (χ4n) is 3.15. The molecule has 4 rings (SSSR count). The van der Waals surface area contributed by atoms with Gasteiger partial charge in [-0.05, 0) is 55.3 Å². The maximum atomic E-state index is 6.21. The van der Waals surface area contributed by atoms with Crippen molar-refractivity contribution in [1.82, 2.24) is 4.98 Å². The molecule has 0 N–H and O–H groups in total. The summed E-state index contributed by atoms with van der Waals surface area (Å²) in [4.78, 5) is 10.2. The zero-order valence-electron chi connectivity index (χ0n) is 13.6. The second kappa shape index (κ2) is 5.60. The Balaban J connectivity index is 1.67. The maximum absolute atomic E-state index is 6.21. The minimum absolute atomic E-state index is 0.491. The standard InChI is InChI=1S/C20H17ClN2O/c1-13-8-16(11-17(21)9-13)20(2)12-19(23-24-20)15-5-6-18-14(10-15)4-3-7-22-18/h3-11H,12H2,1-2H3. The number of aryl methyl sites for hydroxylation is 1. The number of fused-ring (bicyclic) bond motifs is 1. The Morgan fingerprint density at radius 2 is 2.00 bits per heavy atom. The van der Waals surface area contributed by atoms with Crippen molar-refractivity contribution in [3.63, 3.8) is 0 Å². The molecule has 120 valence electrons. The summed E-state index contributed by atoms with van der Waals surface area (Å²) in [6.07, 6.45) is 2.51. The fraction of sp³-hybridized carbons (Fsp3) is 0.200. The second-order valence-electron chi connectivity index (χ2n) is 6.47. The predicted molar refractivity (Wildman–Crippen MR) is 97.5 cm³/mol. The summed E-state index contributed by atoms with van der Waals surface area (Å²) in [5.41, 5.74) is 4.67. The molecule has 0 amide bonds. The van der Waals surface area contributed by atoms with E-state index in [9.17, 15) is 0 Å². The van der Waals surface area contributed by atoms with Gasteiger partial charge in [0.05, 0.1) is 11.2 Å². The summed E-state index contributed by atoms with van der Waals surface area (Å²) < 4.78 is 0. The number of oxime groups is 1. The Morgan fingerprint density at radius 1 is 1.12 bits per heavy atom. The van der Waals surface area contributed by atoms with Crippen LogP contribution in [0.5, 0.6) is 0 Å². The highest BCUT2D eigenvalue weighted by Gasteiger charge is 2.37. The van der Waals surface area contributed by atoms with Crippen molar-refractivity contribution in [2.45, 2.75) is 25.9 Å². The molecule has 0 bridgehead atoms. The van der Waals surface area contributed by atoms with Crippen molar-refractivity contribution < 1.29 is 4.84 Å². The van der Waals surface area contributed by atoms with Crippen molar-refractivity contribution in [3.8, 4) is 0 Å². The molecule has 0 aliphatic carbocycles. The molecule has 1 aromatic heterocycles. The first-order valence-electron chi connectivity index (χ1n) is 7.91. The molecule has 2 heterocycles. The van der Waals surface area contributed by atoms with E-state index < -0.39 is 5.60 Å². The molecule has 0 saturated carbocycles. The lowest BCUT2D eigenvalue weighted by molar-refractivity contribution is -0.00742. The molecule has 24 heavy (non-hydrogen) atoms. The summed E-state index contributed by atoms with van der Waals surface area (Å²) in [5.74, 6) is 0. The van der Waals surface area contributed by atoms with Gasteiger partial charge in [0.2, 0.25) is 0 Å². The van der Waals surface area contributed by atoms with Crippen LogP contribution in [0.3, 0.4) is 0 Å². The number of pyridine rings is 1. The van der Waals surface area contributed by atoms with Crippen LogP contribution in [-0.4, -0.2) is 10.7 Å². The first-order chi connectivity index (χ1) is 11.5. The van der Waals surface area contributed by atoms with Gasteiger partial charge in [0.15, 0.2) is 5.60 Å². The topological polar surface area (TPSA) is 34.5 Å². The van der Waals surface area contributed by atoms with Gasteiger partial charge in [-0.25, -0.2) is 0 Å². The van der Waals surface area contributed by atoms with Crippen molar-refractivity contribution in [1.29, 1.82) is 0 Å². The average Bonchev–Trinajstić information content (AvgIpc) is 2.97. The fourth-order valence-corrected chi connectivity index (χ4v) is 3.44. The molecule has 0 radical (unpaired) electrons. The molecular weight excluding hydrogens is 320 g/mol. The molecule has 0 saturated heterocycles. The smallest absolute Gasteiger partial charge is 0.165 e. The molecule has 4 heteroatoms. The van der Waals surface area contributed by atoms with Crippen LogP contribution in [0.15, 0.2) is 59.9 Å². The molecule has 0 fully saturated rings. The summed E-state index contributed by atoms with van der Waals surface area (Å²) >= 11 is 6.21. The van der Waals surface area contributed by atoms with E-state index in [1.807, 2.05) is 37.3 Å². The molecule has 1 aliphatic rings. The largest absolute Gasteiger partial charge is 0.384 e. The zero-order valence-corrected chi connectivity index (χ0v) is 14.3. The van der Waals surface area contributed by atoms with E-state index in [2.05, 4.69) is 35.3 Å². The monoisotopic (exact) mass is 336 g/mol. The van der Waals surface area contributed by atoms with Gasteiger partial charge in [-0.1, -0.05) is 35.0 Å². The van der Waals surface area contributed by atoms with Gasteiger partial charge in [-0.3, -0.25) is 4.98 Å². The van der Waals surface area contributed by atoms with Crippen molar-refractivity contribution in [2.75, 3.05) is 0 Å². The number of rotatable bonds is 2. The third kappa shape index (κ3) is 2.65. The molecule has 1 aliphatic heterocycles. The Hall–Kier alpha value is -2.39. The molecule has 2 aromatic carbocycles. The van der Waals surface area contributed by atoms with E-state index in [1.54, 1.807) is 6.20 Å². The Morgan fingerprint density at radius 3 is 2.83 bits per heavy atom. The number of nitrogens with zero attached hydrogens (tertiary/aromatic N) is 2. The highest BCUT2D eigenvalue weighted by atomic mass is 35.5. The summed E-state index contributed by atoms with van der Waals surface area (Å²) in [7, 11) is 0. The van der Waals surface area contributed by atoms with Crippen LogP contribution in [0.4, 0.5) is 0 Å². The van der Waals surface area contributed by atoms with Crippen molar-refractivity contribution in [2.24, 2.45) is 5.16 Å². The van der Waals surface area contributed by atoms with Gasteiger partial charge in [0, 0.05) is 28.6 Å².